The number of aromatic nitrogens is 1. The molecule has 0 aliphatic carbocycles. The van der Waals surface area contributed by atoms with Crippen LogP contribution in [0.2, 0.25) is 0 Å². The highest BCUT2D eigenvalue weighted by molar-refractivity contribution is 5.72. The van der Waals surface area contributed by atoms with Crippen LogP contribution >= 0.6 is 0 Å². The highest BCUT2D eigenvalue weighted by atomic mass is 19.3. The molecular weight excluding hydrogens is 310 g/mol. The molecule has 9 heteroatoms. The summed E-state index contributed by atoms with van der Waals surface area (Å²) in [6, 6.07) is 7.28. The standard InChI is InChI=1S/C14H8F2N4O3/c15-14(16,13-17-11-3-1-2-4-12(11)23-13)19-18-9-5-7-10(8-6-9)20(21)22/h1-8H. The van der Waals surface area contributed by atoms with Crippen molar-refractivity contribution in [1.29, 1.82) is 0 Å². The first-order valence-corrected chi connectivity index (χ1v) is 6.37. The third-order valence-corrected chi connectivity index (χ3v) is 2.90. The first kappa shape index (κ1) is 14.7. The SMILES string of the molecule is O=[N+]([O-])c1ccc(N=NC(F)(F)c2nc3ccccc3o2)cc1. The number of oxazole rings is 1. The molecule has 1 aromatic heterocycles. The zero-order valence-electron chi connectivity index (χ0n) is 11.4. The van der Waals surface area contributed by atoms with Crippen molar-refractivity contribution in [3.8, 4) is 0 Å². The summed E-state index contributed by atoms with van der Waals surface area (Å²) in [4.78, 5) is 13.6. The summed E-state index contributed by atoms with van der Waals surface area (Å²) in [5.74, 6) is -0.871. The van der Waals surface area contributed by atoms with Gasteiger partial charge in [-0.05, 0) is 24.3 Å². The van der Waals surface area contributed by atoms with Gasteiger partial charge in [0, 0.05) is 12.1 Å². The smallest absolute Gasteiger partial charge is 0.433 e. The number of rotatable bonds is 4. The van der Waals surface area contributed by atoms with E-state index in [1.165, 1.54) is 24.3 Å². The van der Waals surface area contributed by atoms with Crippen molar-refractivity contribution in [3.63, 3.8) is 0 Å². The minimum Gasteiger partial charge on any atom is -0.433 e. The van der Waals surface area contributed by atoms with Gasteiger partial charge in [-0.25, -0.2) is 4.98 Å². The summed E-state index contributed by atoms with van der Waals surface area (Å²) < 4.78 is 32.9. The number of nitro benzene ring substituents is 1. The Balaban J connectivity index is 1.85. The van der Waals surface area contributed by atoms with Crippen LogP contribution in [0.25, 0.3) is 11.1 Å². The molecule has 0 saturated heterocycles. The number of azo groups is 1. The first-order valence-electron chi connectivity index (χ1n) is 6.37. The Kier molecular flexibility index (Phi) is 3.53. The number of para-hydroxylation sites is 2. The number of nitrogens with zero attached hydrogens (tertiary/aromatic N) is 4. The Morgan fingerprint density at radius 1 is 1.13 bits per heavy atom. The van der Waals surface area contributed by atoms with E-state index in [4.69, 9.17) is 4.42 Å². The van der Waals surface area contributed by atoms with Crippen LogP contribution in [0.1, 0.15) is 5.89 Å². The van der Waals surface area contributed by atoms with Crippen LogP contribution in [-0.4, -0.2) is 9.91 Å². The monoisotopic (exact) mass is 318 g/mol. The van der Waals surface area contributed by atoms with Gasteiger partial charge >= 0.3 is 6.05 Å². The van der Waals surface area contributed by atoms with Gasteiger partial charge in [0.1, 0.15) is 5.52 Å². The lowest BCUT2D eigenvalue weighted by Gasteiger charge is -2.03. The lowest BCUT2D eigenvalue weighted by molar-refractivity contribution is -0.384. The highest BCUT2D eigenvalue weighted by Crippen LogP contribution is 2.33. The van der Waals surface area contributed by atoms with Gasteiger partial charge in [-0.1, -0.05) is 12.1 Å². The Bertz CT molecular complexity index is 857. The molecule has 0 aliphatic rings. The Morgan fingerprint density at radius 3 is 2.48 bits per heavy atom. The highest BCUT2D eigenvalue weighted by Gasteiger charge is 2.38. The summed E-state index contributed by atoms with van der Waals surface area (Å²) in [5, 5.41) is 16.8. The zero-order valence-corrected chi connectivity index (χ0v) is 11.4. The number of hydrogen-bond acceptors (Lipinski definition) is 6. The lowest BCUT2D eigenvalue weighted by atomic mass is 10.3. The number of fused-ring (bicyclic) bond motifs is 1. The summed E-state index contributed by atoms with van der Waals surface area (Å²) in [5.41, 5.74) is 0.376. The van der Waals surface area contributed by atoms with Crippen molar-refractivity contribution in [2.75, 3.05) is 0 Å². The molecular formula is C14H8F2N4O3. The number of nitro groups is 1. The molecule has 0 saturated carbocycles. The van der Waals surface area contributed by atoms with E-state index in [1.807, 2.05) is 0 Å². The van der Waals surface area contributed by atoms with E-state index in [1.54, 1.807) is 12.1 Å². The van der Waals surface area contributed by atoms with Crippen molar-refractivity contribution in [1.82, 2.24) is 4.98 Å². The van der Waals surface area contributed by atoms with E-state index < -0.39 is 16.9 Å². The van der Waals surface area contributed by atoms with E-state index >= 15 is 0 Å². The van der Waals surface area contributed by atoms with Gasteiger partial charge in [0.05, 0.1) is 10.6 Å². The first-order chi connectivity index (χ1) is 11.0. The fourth-order valence-electron chi connectivity index (χ4n) is 1.81. The second kappa shape index (κ2) is 5.52. The maximum absolute atomic E-state index is 14.0. The third kappa shape index (κ3) is 3.03. The zero-order chi connectivity index (χ0) is 16.4. The maximum atomic E-state index is 14.0. The van der Waals surface area contributed by atoms with E-state index in [-0.39, 0.29) is 22.5 Å². The van der Waals surface area contributed by atoms with Crippen LogP contribution in [0.3, 0.4) is 0 Å². The van der Waals surface area contributed by atoms with Crippen molar-refractivity contribution in [2.24, 2.45) is 10.2 Å². The fraction of sp³-hybridized carbons (Fsp3) is 0.0714. The molecule has 0 amide bonds. The molecule has 3 aromatic rings. The van der Waals surface area contributed by atoms with E-state index in [0.717, 1.165) is 12.1 Å². The van der Waals surface area contributed by atoms with Gasteiger partial charge in [-0.15, -0.1) is 10.2 Å². The summed E-state index contributed by atoms with van der Waals surface area (Å²) in [7, 11) is 0. The van der Waals surface area contributed by atoms with Crippen molar-refractivity contribution < 1.29 is 18.1 Å². The number of halogens is 2. The Morgan fingerprint density at radius 2 is 1.83 bits per heavy atom. The molecule has 0 bridgehead atoms. The minimum absolute atomic E-state index is 0.0476. The average molecular weight is 318 g/mol. The topological polar surface area (TPSA) is 93.9 Å². The van der Waals surface area contributed by atoms with Crippen molar-refractivity contribution in [3.05, 3.63) is 64.5 Å². The predicted molar refractivity (Wildman–Crippen MR) is 75.5 cm³/mol. The third-order valence-electron chi connectivity index (χ3n) is 2.90. The van der Waals surface area contributed by atoms with Gasteiger partial charge in [0.15, 0.2) is 5.58 Å². The molecule has 0 aliphatic heterocycles. The van der Waals surface area contributed by atoms with Gasteiger partial charge in [-0.3, -0.25) is 10.1 Å². The van der Waals surface area contributed by atoms with Gasteiger partial charge in [-0.2, -0.15) is 8.78 Å². The maximum Gasteiger partial charge on any atom is 0.436 e. The molecule has 0 unspecified atom stereocenters. The van der Waals surface area contributed by atoms with Crippen LogP contribution in [0.5, 0.6) is 0 Å². The molecule has 0 N–H and O–H groups in total. The Hall–Kier alpha value is -3.23. The second-order valence-electron chi connectivity index (χ2n) is 4.50. The normalized spacial score (nSPS) is 12.1. The average Bonchev–Trinajstić information content (AvgIpc) is 2.98. The number of alkyl halides is 2. The van der Waals surface area contributed by atoms with E-state index in [0.29, 0.717) is 0 Å². The van der Waals surface area contributed by atoms with Gasteiger partial charge < -0.3 is 4.42 Å². The quantitative estimate of drug-likeness (QED) is 0.305. The largest absolute Gasteiger partial charge is 0.436 e. The number of hydrogen-bond donors (Lipinski definition) is 0. The molecule has 0 atom stereocenters. The van der Waals surface area contributed by atoms with E-state index in [2.05, 4.69) is 15.2 Å². The summed E-state index contributed by atoms with van der Waals surface area (Å²) in [6.45, 7) is 0. The summed E-state index contributed by atoms with van der Waals surface area (Å²) in [6.07, 6.45) is 0. The minimum atomic E-state index is -3.75. The molecule has 116 valence electrons. The molecule has 23 heavy (non-hydrogen) atoms. The fourth-order valence-corrected chi connectivity index (χ4v) is 1.81. The van der Waals surface area contributed by atoms with Gasteiger partial charge in [0.25, 0.3) is 11.6 Å². The molecule has 1 heterocycles. The van der Waals surface area contributed by atoms with Crippen LogP contribution in [-0.2, 0) is 6.05 Å². The molecule has 0 radical (unpaired) electrons. The number of non-ortho nitro benzene ring substituents is 1. The van der Waals surface area contributed by atoms with Crippen LogP contribution in [0.15, 0.2) is 63.2 Å². The van der Waals surface area contributed by atoms with E-state index in [9.17, 15) is 18.9 Å². The second-order valence-corrected chi connectivity index (χ2v) is 4.50. The number of benzene rings is 2. The molecule has 0 spiro atoms. The van der Waals surface area contributed by atoms with Crippen LogP contribution < -0.4 is 0 Å². The predicted octanol–water partition coefficient (Wildman–Crippen LogP) is 4.57. The molecule has 2 aromatic carbocycles. The molecule has 0 fully saturated rings. The Labute approximate surface area is 127 Å². The van der Waals surface area contributed by atoms with Crippen molar-refractivity contribution >= 4 is 22.5 Å². The lowest BCUT2D eigenvalue weighted by Crippen LogP contribution is -2.09. The van der Waals surface area contributed by atoms with Crippen molar-refractivity contribution in [2.45, 2.75) is 6.05 Å². The van der Waals surface area contributed by atoms with Crippen LogP contribution in [0, 0.1) is 10.1 Å². The molecule has 3 rings (SSSR count). The van der Waals surface area contributed by atoms with Crippen LogP contribution in [0.4, 0.5) is 20.2 Å². The molecule has 7 nitrogen and oxygen atoms in total. The summed E-state index contributed by atoms with van der Waals surface area (Å²) >= 11 is 0. The van der Waals surface area contributed by atoms with Gasteiger partial charge in [0.2, 0.25) is 0 Å².